The maximum Gasteiger partial charge on any atom is 0.119 e. The Morgan fingerprint density at radius 2 is 1.88 bits per heavy atom. The fraction of sp³-hybridized carbons (Fsp3) is 0.538. The molecule has 1 aliphatic rings. The highest BCUT2D eigenvalue weighted by molar-refractivity contribution is 9.10. The average Bonchev–Trinajstić information content (AvgIpc) is 2.33. The van der Waals surface area contributed by atoms with E-state index in [4.69, 9.17) is 10.5 Å². The van der Waals surface area contributed by atoms with Gasteiger partial charge in [-0.3, -0.25) is 0 Å². The van der Waals surface area contributed by atoms with Crippen molar-refractivity contribution in [3.05, 3.63) is 28.7 Å². The molecule has 0 radical (unpaired) electrons. The monoisotopic (exact) mass is 283 g/mol. The zero-order valence-electron chi connectivity index (χ0n) is 9.36. The molecule has 2 atom stereocenters. The molecule has 0 spiro atoms. The van der Waals surface area contributed by atoms with Crippen LogP contribution in [0.4, 0.5) is 0 Å². The largest absolute Gasteiger partial charge is 0.490 e. The molecular weight excluding hydrogens is 266 g/mol. The number of hydrogen-bond donors (Lipinski definition) is 1. The van der Waals surface area contributed by atoms with Gasteiger partial charge in [0.05, 0.1) is 0 Å². The highest BCUT2D eigenvalue weighted by atomic mass is 79.9. The fourth-order valence-electron chi connectivity index (χ4n) is 2.29. The molecule has 1 aromatic rings. The van der Waals surface area contributed by atoms with Crippen molar-refractivity contribution in [3.63, 3.8) is 0 Å². The van der Waals surface area contributed by atoms with Crippen LogP contribution >= 0.6 is 15.9 Å². The third-order valence-electron chi connectivity index (χ3n) is 3.24. The highest BCUT2D eigenvalue weighted by Gasteiger charge is 2.25. The van der Waals surface area contributed by atoms with Gasteiger partial charge >= 0.3 is 0 Å². The van der Waals surface area contributed by atoms with Gasteiger partial charge in [0.2, 0.25) is 0 Å². The van der Waals surface area contributed by atoms with Crippen molar-refractivity contribution in [1.29, 1.82) is 0 Å². The van der Waals surface area contributed by atoms with Crippen molar-refractivity contribution in [1.82, 2.24) is 0 Å². The molecule has 16 heavy (non-hydrogen) atoms. The van der Waals surface area contributed by atoms with Gasteiger partial charge in [0.25, 0.3) is 0 Å². The van der Waals surface area contributed by atoms with Crippen molar-refractivity contribution in [3.8, 4) is 5.75 Å². The Labute approximate surface area is 105 Å². The van der Waals surface area contributed by atoms with Crippen molar-refractivity contribution in [2.24, 2.45) is 11.7 Å². The Morgan fingerprint density at radius 1 is 1.19 bits per heavy atom. The summed E-state index contributed by atoms with van der Waals surface area (Å²) in [4.78, 5) is 0. The number of rotatable bonds is 3. The van der Waals surface area contributed by atoms with E-state index in [0.29, 0.717) is 12.0 Å². The number of nitrogens with two attached hydrogens (primary N) is 1. The first-order chi connectivity index (χ1) is 7.79. The smallest absolute Gasteiger partial charge is 0.119 e. The van der Waals surface area contributed by atoms with Crippen LogP contribution in [0.3, 0.4) is 0 Å². The highest BCUT2D eigenvalue weighted by Crippen LogP contribution is 2.28. The summed E-state index contributed by atoms with van der Waals surface area (Å²) in [5, 5.41) is 0. The molecule has 0 aliphatic heterocycles. The van der Waals surface area contributed by atoms with Crippen molar-refractivity contribution in [2.45, 2.75) is 31.8 Å². The van der Waals surface area contributed by atoms with Crippen molar-refractivity contribution in [2.75, 3.05) is 6.54 Å². The lowest BCUT2D eigenvalue weighted by Gasteiger charge is -2.31. The predicted molar refractivity (Wildman–Crippen MR) is 69.6 cm³/mol. The summed E-state index contributed by atoms with van der Waals surface area (Å²) in [5.41, 5.74) is 5.78. The summed E-state index contributed by atoms with van der Waals surface area (Å²) in [5.74, 6) is 1.48. The lowest BCUT2D eigenvalue weighted by atomic mass is 9.86. The van der Waals surface area contributed by atoms with Gasteiger partial charge in [0.15, 0.2) is 0 Å². The van der Waals surface area contributed by atoms with Gasteiger partial charge in [0, 0.05) is 10.4 Å². The second kappa shape index (κ2) is 5.69. The van der Waals surface area contributed by atoms with Crippen LogP contribution < -0.4 is 10.5 Å². The Bertz CT molecular complexity index is 325. The van der Waals surface area contributed by atoms with Gasteiger partial charge < -0.3 is 10.5 Å². The molecule has 88 valence electrons. The molecule has 0 heterocycles. The first-order valence-corrected chi connectivity index (χ1v) is 6.71. The van der Waals surface area contributed by atoms with Gasteiger partial charge in [-0.2, -0.15) is 0 Å². The normalized spacial score (nSPS) is 25.4. The van der Waals surface area contributed by atoms with E-state index in [2.05, 4.69) is 15.9 Å². The Hall–Kier alpha value is -0.540. The van der Waals surface area contributed by atoms with E-state index in [0.717, 1.165) is 23.2 Å². The van der Waals surface area contributed by atoms with E-state index in [1.165, 1.54) is 19.3 Å². The third kappa shape index (κ3) is 2.98. The maximum atomic E-state index is 6.01. The first-order valence-electron chi connectivity index (χ1n) is 5.92. The molecule has 0 bridgehead atoms. The average molecular weight is 284 g/mol. The van der Waals surface area contributed by atoms with Crippen LogP contribution in [0.2, 0.25) is 0 Å². The minimum absolute atomic E-state index is 0.305. The Kier molecular flexibility index (Phi) is 4.24. The molecule has 1 saturated carbocycles. The second-order valence-corrected chi connectivity index (χ2v) is 5.31. The summed E-state index contributed by atoms with van der Waals surface area (Å²) in [7, 11) is 0. The van der Waals surface area contributed by atoms with Crippen LogP contribution in [-0.2, 0) is 0 Å². The van der Waals surface area contributed by atoms with Crippen LogP contribution in [-0.4, -0.2) is 12.6 Å². The lowest BCUT2D eigenvalue weighted by Crippen LogP contribution is -2.35. The third-order valence-corrected chi connectivity index (χ3v) is 3.77. The summed E-state index contributed by atoms with van der Waals surface area (Å²) in [6.07, 6.45) is 5.20. The Balaban J connectivity index is 1.99. The summed E-state index contributed by atoms with van der Waals surface area (Å²) in [6.45, 7) is 0.737. The van der Waals surface area contributed by atoms with Gasteiger partial charge in [0.1, 0.15) is 11.9 Å². The van der Waals surface area contributed by atoms with Gasteiger partial charge in [-0.1, -0.05) is 22.4 Å². The fourth-order valence-corrected chi connectivity index (χ4v) is 2.55. The number of ether oxygens (including phenoxy) is 1. The molecular formula is C13H18BrNO. The minimum Gasteiger partial charge on any atom is -0.490 e. The van der Waals surface area contributed by atoms with Crippen LogP contribution in [0.5, 0.6) is 5.75 Å². The molecule has 0 saturated heterocycles. The molecule has 0 amide bonds. The lowest BCUT2D eigenvalue weighted by molar-refractivity contribution is 0.0970. The topological polar surface area (TPSA) is 35.2 Å². The van der Waals surface area contributed by atoms with Crippen LogP contribution in [0.25, 0.3) is 0 Å². The Morgan fingerprint density at radius 3 is 2.56 bits per heavy atom. The number of hydrogen-bond acceptors (Lipinski definition) is 2. The quantitative estimate of drug-likeness (QED) is 0.923. The predicted octanol–water partition coefficient (Wildman–Crippen LogP) is 3.35. The molecule has 0 aromatic heterocycles. The summed E-state index contributed by atoms with van der Waals surface area (Å²) in [6, 6.07) is 8.03. The molecule has 2 nitrogen and oxygen atoms in total. The molecule has 2 unspecified atom stereocenters. The standard InChI is InChI=1S/C13H18BrNO/c14-11-5-7-12(8-6-11)16-13-4-2-1-3-10(13)9-15/h5-8,10,13H,1-4,9,15H2. The number of benzene rings is 1. The molecule has 1 aromatic carbocycles. The summed E-state index contributed by atoms with van der Waals surface area (Å²) >= 11 is 3.42. The van der Waals surface area contributed by atoms with Crippen LogP contribution in [0, 0.1) is 5.92 Å². The van der Waals surface area contributed by atoms with E-state index in [1.807, 2.05) is 24.3 Å². The maximum absolute atomic E-state index is 6.01. The van der Waals surface area contributed by atoms with E-state index >= 15 is 0 Å². The van der Waals surface area contributed by atoms with Crippen molar-refractivity contribution < 1.29 is 4.74 Å². The van der Waals surface area contributed by atoms with E-state index < -0.39 is 0 Å². The molecule has 2 N–H and O–H groups in total. The van der Waals surface area contributed by atoms with E-state index in [-0.39, 0.29) is 0 Å². The second-order valence-electron chi connectivity index (χ2n) is 4.39. The molecule has 2 rings (SSSR count). The molecule has 1 aliphatic carbocycles. The van der Waals surface area contributed by atoms with E-state index in [1.54, 1.807) is 0 Å². The minimum atomic E-state index is 0.305. The molecule has 3 heteroatoms. The first kappa shape index (κ1) is 11.9. The zero-order chi connectivity index (χ0) is 11.4. The zero-order valence-corrected chi connectivity index (χ0v) is 10.9. The van der Waals surface area contributed by atoms with Gasteiger partial charge in [-0.25, -0.2) is 0 Å². The molecule has 1 fully saturated rings. The van der Waals surface area contributed by atoms with E-state index in [9.17, 15) is 0 Å². The van der Waals surface area contributed by atoms with Crippen LogP contribution in [0.15, 0.2) is 28.7 Å². The van der Waals surface area contributed by atoms with Gasteiger partial charge in [-0.15, -0.1) is 0 Å². The summed E-state index contributed by atoms with van der Waals surface area (Å²) < 4.78 is 7.10. The van der Waals surface area contributed by atoms with Gasteiger partial charge in [-0.05, 0) is 50.1 Å². The van der Waals surface area contributed by atoms with Crippen LogP contribution in [0.1, 0.15) is 25.7 Å². The number of halogens is 1. The van der Waals surface area contributed by atoms with Crippen molar-refractivity contribution >= 4 is 15.9 Å². The SMILES string of the molecule is NCC1CCCCC1Oc1ccc(Br)cc1.